The molecule has 9 nitrogen and oxygen atoms in total. The van der Waals surface area contributed by atoms with E-state index in [1.165, 1.54) is 0 Å². The maximum Gasteiger partial charge on any atom is 0.323 e. The van der Waals surface area contributed by atoms with Crippen LogP contribution in [0.3, 0.4) is 0 Å². The summed E-state index contributed by atoms with van der Waals surface area (Å²) in [7, 11) is 1.65. The molecule has 0 bridgehead atoms. The largest absolute Gasteiger partial charge is 0.463 e. The first kappa shape index (κ1) is 17.3. The Morgan fingerprint density at radius 3 is 2.57 bits per heavy atom. The summed E-state index contributed by atoms with van der Waals surface area (Å²) in [6.07, 6.45) is 1.70. The van der Waals surface area contributed by atoms with Gasteiger partial charge in [-0.05, 0) is 12.8 Å². The third kappa shape index (κ3) is 7.59. The highest BCUT2D eigenvalue weighted by atomic mass is 16.5. The van der Waals surface area contributed by atoms with Gasteiger partial charge in [-0.3, -0.25) is 5.43 Å². The van der Waals surface area contributed by atoms with Crippen molar-refractivity contribution in [3.8, 4) is 6.01 Å². The van der Waals surface area contributed by atoms with Crippen LogP contribution in [0.1, 0.15) is 19.8 Å². The summed E-state index contributed by atoms with van der Waals surface area (Å²) in [5, 5.41) is 3.08. The fourth-order valence-corrected chi connectivity index (χ4v) is 1.38. The van der Waals surface area contributed by atoms with Crippen LogP contribution < -0.4 is 21.3 Å². The Hall–Kier alpha value is -1.71. The van der Waals surface area contributed by atoms with Crippen LogP contribution in [0, 0.1) is 0 Å². The van der Waals surface area contributed by atoms with Gasteiger partial charge in [0, 0.05) is 20.3 Å². The SMILES string of the molecule is CCCOc1nc(NN)nc(NCCCOCCOC)n1. The lowest BCUT2D eigenvalue weighted by molar-refractivity contribution is 0.0705. The highest BCUT2D eigenvalue weighted by molar-refractivity contribution is 5.34. The molecule has 1 rings (SSSR count). The van der Waals surface area contributed by atoms with E-state index in [1.807, 2.05) is 6.92 Å². The summed E-state index contributed by atoms with van der Waals surface area (Å²) in [5.41, 5.74) is 2.39. The number of hydrogen-bond donors (Lipinski definition) is 3. The first-order valence-corrected chi connectivity index (χ1v) is 6.96. The van der Waals surface area contributed by atoms with Crippen LogP contribution in [0.4, 0.5) is 11.9 Å². The van der Waals surface area contributed by atoms with Crippen molar-refractivity contribution >= 4 is 11.9 Å². The van der Waals surface area contributed by atoms with Crippen molar-refractivity contribution in [3.63, 3.8) is 0 Å². The Morgan fingerprint density at radius 1 is 1.05 bits per heavy atom. The molecule has 0 atom stereocenters. The first-order valence-electron chi connectivity index (χ1n) is 6.96. The van der Waals surface area contributed by atoms with Crippen LogP contribution in [-0.4, -0.2) is 55.0 Å². The number of nitrogens with zero attached hydrogens (tertiary/aromatic N) is 3. The summed E-state index contributed by atoms with van der Waals surface area (Å²) in [6, 6.07) is 0.249. The lowest BCUT2D eigenvalue weighted by Gasteiger charge is -2.09. The molecule has 4 N–H and O–H groups in total. The van der Waals surface area contributed by atoms with E-state index >= 15 is 0 Å². The summed E-state index contributed by atoms with van der Waals surface area (Å²) in [5.74, 6) is 6.00. The monoisotopic (exact) mass is 300 g/mol. The number of nitrogens with two attached hydrogens (primary N) is 1. The number of rotatable bonds is 12. The fourth-order valence-electron chi connectivity index (χ4n) is 1.38. The lowest BCUT2D eigenvalue weighted by Crippen LogP contribution is -2.15. The molecule has 9 heteroatoms. The van der Waals surface area contributed by atoms with Crippen molar-refractivity contribution in [2.75, 3.05) is 50.8 Å². The molecule has 0 unspecified atom stereocenters. The third-order valence-electron chi connectivity index (χ3n) is 2.36. The zero-order valence-electron chi connectivity index (χ0n) is 12.6. The van der Waals surface area contributed by atoms with Crippen LogP contribution in [-0.2, 0) is 9.47 Å². The summed E-state index contributed by atoms with van der Waals surface area (Å²) in [6.45, 7) is 5.06. The van der Waals surface area contributed by atoms with E-state index in [4.69, 9.17) is 20.1 Å². The molecule has 21 heavy (non-hydrogen) atoms. The second-order valence-corrected chi connectivity index (χ2v) is 4.14. The Labute approximate surface area is 124 Å². The number of nitrogens with one attached hydrogen (secondary N) is 2. The topological polar surface area (TPSA) is 116 Å². The maximum atomic E-state index is 5.37. The van der Waals surface area contributed by atoms with E-state index in [2.05, 4.69) is 25.7 Å². The van der Waals surface area contributed by atoms with Crippen molar-refractivity contribution in [3.05, 3.63) is 0 Å². The van der Waals surface area contributed by atoms with Crippen molar-refractivity contribution in [2.24, 2.45) is 5.84 Å². The van der Waals surface area contributed by atoms with E-state index in [1.54, 1.807) is 7.11 Å². The van der Waals surface area contributed by atoms with Crippen molar-refractivity contribution in [2.45, 2.75) is 19.8 Å². The van der Waals surface area contributed by atoms with Gasteiger partial charge in [0.2, 0.25) is 11.9 Å². The molecule has 0 saturated carbocycles. The molecule has 0 fully saturated rings. The minimum atomic E-state index is 0.249. The van der Waals surface area contributed by atoms with E-state index in [-0.39, 0.29) is 12.0 Å². The predicted molar refractivity (Wildman–Crippen MR) is 79.2 cm³/mol. The van der Waals surface area contributed by atoms with Crippen LogP contribution in [0.15, 0.2) is 0 Å². The minimum Gasteiger partial charge on any atom is -0.463 e. The lowest BCUT2D eigenvalue weighted by atomic mass is 10.4. The Balaban J connectivity index is 2.35. The summed E-state index contributed by atoms with van der Waals surface area (Å²) >= 11 is 0. The number of hydrazine groups is 1. The standard InChI is InChI=1S/C12H24N6O3/c1-3-6-21-12-16-10(15-11(17-12)18-13)14-5-4-7-20-9-8-19-2/h3-9,13H2,1-2H3,(H2,14,15,16,17,18). The van der Waals surface area contributed by atoms with Crippen LogP contribution in [0.5, 0.6) is 6.01 Å². The molecule has 0 aliphatic rings. The van der Waals surface area contributed by atoms with E-state index in [0.29, 0.717) is 38.9 Å². The zero-order chi connectivity index (χ0) is 15.3. The minimum absolute atomic E-state index is 0.249. The molecule has 1 heterocycles. The molecule has 0 amide bonds. The van der Waals surface area contributed by atoms with Gasteiger partial charge in [-0.2, -0.15) is 15.0 Å². The van der Waals surface area contributed by atoms with Crippen LogP contribution in [0.25, 0.3) is 0 Å². The number of methoxy groups -OCH3 is 1. The average Bonchev–Trinajstić information content (AvgIpc) is 2.51. The second-order valence-electron chi connectivity index (χ2n) is 4.14. The molecule has 120 valence electrons. The maximum absolute atomic E-state index is 5.37. The van der Waals surface area contributed by atoms with E-state index in [0.717, 1.165) is 12.8 Å². The zero-order valence-corrected chi connectivity index (χ0v) is 12.6. The van der Waals surface area contributed by atoms with Gasteiger partial charge in [-0.25, -0.2) is 5.84 Å². The fraction of sp³-hybridized carbons (Fsp3) is 0.750. The predicted octanol–water partition coefficient (Wildman–Crippen LogP) is 0.411. The number of nitrogen functional groups attached to an aromatic ring is 1. The van der Waals surface area contributed by atoms with Crippen LogP contribution >= 0.6 is 0 Å². The first-order chi connectivity index (χ1) is 10.3. The number of anilines is 2. The highest BCUT2D eigenvalue weighted by Gasteiger charge is 2.06. The molecule has 0 radical (unpaired) electrons. The number of hydrogen-bond acceptors (Lipinski definition) is 9. The van der Waals surface area contributed by atoms with E-state index < -0.39 is 0 Å². The van der Waals surface area contributed by atoms with Crippen molar-refractivity contribution in [1.82, 2.24) is 15.0 Å². The quantitative estimate of drug-likeness (QED) is 0.286. The van der Waals surface area contributed by atoms with Gasteiger partial charge in [0.05, 0.1) is 19.8 Å². The van der Waals surface area contributed by atoms with Crippen molar-refractivity contribution in [1.29, 1.82) is 0 Å². The molecule has 0 aliphatic carbocycles. The molecular weight excluding hydrogens is 276 g/mol. The Morgan fingerprint density at radius 2 is 1.86 bits per heavy atom. The van der Waals surface area contributed by atoms with Gasteiger partial charge in [0.25, 0.3) is 0 Å². The third-order valence-corrected chi connectivity index (χ3v) is 2.36. The molecule has 0 aromatic carbocycles. The summed E-state index contributed by atoms with van der Waals surface area (Å²) in [4.78, 5) is 12.3. The molecule has 0 saturated heterocycles. The normalized spacial score (nSPS) is 10.4. The molecule has 0 aliphatic heterocycles. The van der Waals surface area contributed by atoms with Crippen molar-refractivity contribution < 1.29 is 14.2 Å². The van der Waals surface area contributed by atoms with Crippen LogP contribution in [0.2, 0.25) is 0 Å². The van der Waals surface area contributed by atoms with Gasteiger partial charge in [-0.1, -0.05) is 6.92 Å². The highest BCUT2D eigenvalue weighted by Crippen LogP contribution is 2.10. The van der Waals surface area contributed by atoms with E-state index in [9.17, 15) is 0 Å². The van der Waals surface area contributed by atoms with Gasteiger partial charge in [0.15, 0.2) is 0 Å². The molecule has 0 spiro atoms. The molecule has 1 aromatic rings. The number of aromatic nitrogens is 3. The smallest absolute Gasteiger partial charge is 0.323 e. The Bertz CT molecular complexity index is 393. The van der Waals surface area contributed by atoms with Gasteiger partial charge in [-0.15, -0.1) is 0 Å². The second kappa shape index (κ2) is 11.0. The molecule has 1 aromatic heterocycles. The average molecular weight is 300 g/mol. The number of ether oxygens (including phenoxy) is 3. The van der Waals surface area contributed by atoms with Gasteiger partial charge in [0.1, 0.15) is 0 Å². The Kier molecular flexibility index (Phi) is 9.09. The van der Waals surface area contributed by atoms with Gasteiger partial charge < -0.3 is 19.5 Å². The van der Waals surface area contributed by atoms with Gasteiger partial charge >= 0.3 is 6.01 Å². The summed E-state index contributed by atoms with van der Waals surface area (Å²) < 4.78 is 15.6. The molecular formula is C12H24N6O3.